The molecule has 1 aromatic heterocycles. The van der Waals surface area contributed by atoms with Crippen molar-refractivity contribution in [2.24, 2.45) is 0 Å². The average molecular weight is 232 g/mol. The van der Waals surface area contributed by atoms with Gasteiger partial charge in [0, 0.05) is 5.56 Å². The summed E-state index contributed by atoms with van der Waals surface area (Å²) in [6.45, 7) is 0. The predicted octanol–water partition coefficient (Wildman–Crippen LogP) is 2.97. The van der Waals surface area contributed by atoms with Crippen LogP contribution in [0.3, 0.4) is 0 Å². The maximum Gasteiger partial charge on any atom is 0.143 e. The fourth-order valence-electron chi connectivity index (χ4n) is 1.26. The summed E-state index contributed by atoms with van der Waals surface area (Å²) in [7, 11) is 0. The number of aliphatic hydroxyl groups is 1. The van der Waals surface area contributed by atoms with Gasteiger partial charge in [-0.15, -0.1) is 11.3 Å². The second kappa shape index (κ2) is 4.93. The lowest BCUT2D eigenvalue weighted by Gasteiger charge is -2.03. The Morgan fingerprint density at radius 3 is 2.69 bits per heavy atom. The number of thiophene rings is 1. The third kappa shape index (κ3) is 2.48. The number of hydrogen-bond acceptors (Lipinski definition) is 2. The Kier molecular flexibility index (Phi) is 3.35. The normalized spacial score (nSPS) is 11.6. The quantitative estimate of drug-likeness (QED) is 0.749. The summed E-state index contributed by atoms with van der Waals surface area (Å²) < 4.78 is 13.3. The molecule has 1 heterocycles. The molecule has 0 fully saturated rings. The standard InChI is InChI=1S/C13H9FOS/c14-12-6-2-1-5-11(12)13(15)8-7-10-4-3-9-16-10/h1-6,9,13,15H. The van der Waals surface area contributed by atoms with Crippen LogP contribution in [0.25, 0.3) is 0 Å². The van der Waals surface area contributed by atoms with Crippen molar-refractivity contribution in [2.45, 2.75) is 6.10 Å². The zero-order chi connectivity index (χ0) is 11.4. The molecule has 2 rings (SSSR count). The molecule has 1 aromatic carbocycles. The zero-order valence-corrected chi connectivity index (χ0v) is 9.17. The molecule has 80 valence electrons. The van der Waals surface area contributed by atoms with Crippen LogP contribution in [0.5, 0.6) is 0 Å². The molecule has 0 saturated carbocycles. The fourth-order valence-corrected chi connectivity index (χ4v) is 1.84. The Morgan fingerprint density at radius 1 is 1.19 bits per heavy atom. The van der Waals surface area contributed by atoms with E-state index in [4.69, 9.17) is 0 Å². The lowest BCUT2D eigenvalue weighted by molar-refractivity contribution is 0.233. The molecule has 1 unspecified atom stereocenters. The Hall–Kier alpha value is -1.63. The number of aliphatic hydroxyl groups excluding tert-OH is 1. The topological polar surface area (TPSA) is 20.2 Å². The summed E-state index contributed by atoms with van der Waals surface area (Å²) in [5.41, 5.74) is 0.214. The van der Waals surface area contributed by atoms with Crippen LogP contribution in [-0.4, -0.2) is 5.11 Å². The number of hydrogen-bond donors (Lipinski definition) is 1. The van der Waals surface area contributed by atoms with Crippen LogP contribution in [-0.2, 0) is 0 Å². The van der Waals surface area contributed by atoms with E-state index in [2.05, 4.69) is 11.8 Å². The Bertz CT molecular complexity index is 522. The van der Waals surface area contributed by atoms with E-state index in [0.717, 1.165) is 4.88 Å². The SMILES string of the molecule is OC(C#Cc1cccs1)c1ccccc1F. The Balaban J connectivity index is 2.21. The van der Waals surface area contributed by atoms with Crippen molar-refractivity contribution >= 4 is 11.3 Å². The maximum atomic E-state index is 13.3. The summed E-state index contributed by atoms with van der Waals surface area (Å²) in [6.07, 6.45) is -1.08. The largest absolute Gasteiger partial charge is 0.376 e. The van der Waals surface area contributed by atoms with Crippen molar-refractivity contribution in [3.05, 3.63) is 58.0 Å². The highest BCUT2D eigenvalue weighted by Gasteiger charge is 2.08. The van der Waals surface area contributed by atoms with Gasteiger partial charge in [0.1, 0.15) is 11.9 Å². The highest BCUT2D eigenvalue weighted by Crippen LogP contribution is 2.16. The van der Waals surface area contributed by atoms with Gasteiger partial charge in [-0.05, 0) is 17.5 Å². The molecule has 16 heavy (non-hydrogen) atoms. The minimum atomic E-state index is -1.08. The van der Waals surface area contributed by atoms with Crippen molar-refractivity contribution in [1.82, 2.24) is 0 Å². The van der Waals surface area contributed by atoms with Crippen molar-refractivity contribution in [3.8, 4) is 11.8 Å². The molecule has 0 aliphatic carbocycles. The molecular formula is C13H9FOS. The Labute approximate surface area is 97.2 Å². The third-order valence-corrected chi connectivity index (χ3v) is 2.84. The number of benzene rings is 1. The number of halogens is 1. The first-order valence-electron chi connectivity index (χ1n) is 4.75. The molecule has 1 nitrogen and oxygen atoms in total. The molecule has 1 N–H and O–H groups in total. The van der Waals surface area contributed by atoms with Gasteiger partial charge in [0.15, 0.2) is 0 Å². The van der Waals surface area contributed by atoms with Gasteiger partial charge in [-0.25, -0.2) is 4.39 Å². The summed E-state index contributed by atoms with van der Waals surface area (Å²) in [5.74, 6) is 4.99. The first-order chi connectivity index (χ1) is 7.77. The summed E-state index contributed by atoms with van der Waals surface area (Å²) in [6, 6.07) is 9.83. The smallest absolute Gasteiger partial charge is 0.143 e. The van der Waals surface area contributed by atoms with Crippen molar-refractivity contribution in [1.29, 1.82) is 0 Å². The van der Waals surface area contributed by atoms with Crippen LogP contribution < -0.4 is 0 Å². The van der Waals surface area contributed by atoms with Gasteiger partial charge in [0.05, 0.1) is 4.88 Å². The molecule has 0 spiro atoms. The highest BCUT2D eigenvalue weighted by molar-refractivity contribution is 7.10. The van der Waals surface area contributed by atoms with Gasteiger partial charge in [-0.3, -0.25) is 0 Å². The molecule has 0 aliphatic heterocycles. The van der Waals surface area contributed by atoms with Gasteiger partial charge in [-0.2, -0.15) is 0 Å². The molecule has 2 aromatic rings. The first kappa shape index (κ1) is 10.9. The first-order valence-corrected chi connectivity index (χ1v) is 5.63. The van der Waals surface area contributed by atoms with Crippen LogP contribution in [0.1, 0.15) is 16.5 Å². The number of rotatable bonds is 1. The minimum absolute atomic E-state index is 0.214. The monoisotopic (exact) mass is 232 g/mol. The molecule has 0 amide bonds. The van der Waals surface area contributed by atoms with E-state index in [-0.39, 0.29) is 5.56 Å². The van der Waals surface area contributed by atoms with Crippen LogP contribution in [0.4, 0.5) is 4.39 Å². The average Bonchev–Trinajstić information content (AvgIpc) is 2.79. The molecule has 0 radical (unpaired) electrons. The maximum absolute atomic E-state index is 13.3. The Morgan fingerprint density at radius 2 is 2.00 bits per heavy atom. The predicted molar refractivity (Wildman–Crippen MR) is 62.6 cm³/mol. The van der Waals surface area contributed by atoms with Crippen molar-refractivity contribution in [2.75, 3.05) is 0 Å². The zero-order valence-electron chi connectivity index (χ0n) is 8.35. The van der Waals surface area contributed by atoms with Crippen molar-refractivity contribution in [3.63, 3.8) is 0 Å². The molecule has 0 aliphatic rings. The van der Waals surface area contributed by atoms with E-state index in [1.54, 1.807) is 12.1 Å². The van der Waals surface area contributed by atoms with E-state index in [1.165, 1.54) is 23.5 Å². The van der Waals surface area contributed by atoms with Crippen LogP contribution in [0, 0.1) is 17.7 Å². The summed E-state index contributed by atoms with van der Waals surface area (Å²) >= 11 is 1.49. The van der Waals surface area contributed by atoms with Crippen LogP contribution in [0.15, 0.2) is 41.8 Å². The molecule has 0 saturated heterocycles. The molecule has 1 atom stereocenters. The van der Waals surface area contributed by atoms with E-state index < -0.39 is 11.9 Å². The third-order valence-electron chi connectivity index (χ3n) is 2.05. The molecule has 3 heteroatoms. The van der Waals surface area contributed by atoms with Crippen LogP contribution in [0.2, 0.25) is 0 Å². The van der Waals surface area contributed by atoms with E-state index in [9.17, 15) is 9.50 Å². The van der Waals surface area contributed by atoms with E-state index in [0.29, 0.717) is 0 Å². The second-order valence-corrected chi connectivity index (χ2v) is 4.12. The fraction of sp³-hybridized carbons (Fsp3) is 0.0769. The summed E-state index contributed by atoms with van der Waals surface area (Å²) in [5, 5.41) is 11.6. The van der Waals surface area contributed by atoms with Gasteiger partial charge in [0.2, 0.25) is 0 Å². The lowest BCUT2D eigenvalue weighted by Crippen LogP contribution is -1.97. The van der Waals surface area contributed by atoms with Crippen molar-refractivity contribution < 1.29 is 9.50 Å². The highest BCUT2D eigenvalue weighted by atomic mass is 32.1. The lowest BCUT2D eigenvalue weighted by atomic mass is 10.1. The van der Waals surface area contributed by atoms with Gasteiger partial charge < -0.3 is 5.11 Å². The minimum Gasteiger partial charge on any atom is -0.376 e. The summed E-state index contributed by atoms with van der Waals surface area (Å²) in [4.78, 5) is 0.857. The van der Waals surface area contributed by atoms with Gasteiger partial charge in [-0.1, -0.05) is 36.1 Å². The molecular weight excluding hydrogens is 223 g/mol. The van der Waals surface area contributed by atoms with E-state index in [1.807, 2.05) is 17.5 Å². The van der Waals surface area contributed by atoms with Gasteiger partial charge >= 0.3 is 0 Å². The van der Waals surface area contributed by atoms with E-state index >= 15 is 0 Å². The second-order valence-electron chi connectivity index (χ2n) is 3.17. The molecule has 0 bridgehead atoms. The van der Waals surface area contributed by atoms with Crippen LogP contribution >= 0.6 is 11.3 Å². The van der Waals surface area contributed by atoms with Gasteiger partial charge in [0.25, 0.3) is 0 Å².